The maximum Gasteiger partial charge on any atom is 0.308 e. The number of carboxylic acids is 2. The Hall–Kier alpha value is -4.73. The fraction of sp³-hybridized carbons (Fsp3) is 0.656. The first-order chi connectivity index (χ1) is 34.6. The van der Waals surface area contributed by atoms with Gasteiger partial charge in [0.2, 0.25) is 0 Å². The number of rotatable bonds is 45. The van der Waals surface area contributed by atoms with Crippen molar-refractivity contribution < 1.29 is 48.4 Å². The molecule has 1 rings (SSSR count). The third kappa shape index (κ3) is 36.8. The van der Waals surface area contributed by atoms with Gasteiger partial charge in [-0.05, 0) is 83.0 Å². The average molecular weight is 989 g/mol. The summed E-state index contributed by atoms with van der Waals surface area (Å²) in [5.74, 6) is -5.92. The van der Waals surface area contributed by atoms with Crippen LogP contribution in [0.25, 0.3) is 0 Å². The van der Waals surface area contributed by atoms with E-state index >= 15 is 0 Å². The topological polar surface area (TPSA) is 154 Å². The van der Waals surface area contributed by atoms with Crippen molar-refractivity contribution in [2.75, 3.05) is 13.2 Å². The summed E-state index contributed by atoms with van der Waals surface area (Å²) in [7, 11) is 0. The maximum absolute atomic E-state index is 12.9. The molecule has 0 unspecified atom stereocenters. The van der Waals surface area contributed by atoms with Crippen molar-refractivity contribution in [1.82, 2.24) is 0 Å². The third-order valence-electron chi connectivity index (χ3n) is 12.7. The first-order valence-electron chi connectivity index (χ1n) is 27.9. The molecule has 10 nitrogen and oxygen atoms in total. The van der Waals surface area contributed by atoms with E-state index in [0.29, 0.717) is 19.3 Å². The van der Waals surface area contributed by atoms with E-state index in [4.69, 9.17) is 14.2 Å². The van der Waals surface area contributed by atoms with Crippen LogP contribution in [0, 0.1) is 23.7 Å². The van der Waals surface area contributed by atoms with E-state index in [0.717, 1.165) is 128 Å². The van der Waals surface area contributed by atoms with Gasteiger partial charge in [-0.2, -0.15) is 0 Å². The molecule has 0 heterocycles. The van der Waals surface area contributed by atoms with Gasteiger partial charge in [-0.1, -0.05) is 214 Å². The summed E-state index contributed by atoms with van der Waals surface area (Å²) in [6, 6.07) is 0. The van der Waals surface area contributed by atoms with E-state index in [-0.39, 0.29) is 44.4 Å². The van der Waals surface area contributed by atoms with Crippen LogP contribution in [0.2, 0.25) is 0 Å². The number of aliphatic carboxylic acids is 2. The van der Waals surface area contributed by atoms with Crippen molar-refractivity contribution in [2.24, 2.45) is 23.7 Å². The Labute approximate surface area is 430 Å². The highest BCUT2D eigenvalue weighted by Gasteiger charge is 2.44. The van der Waals surface area contributed by atoms with E-state index < -0.39 is 47.7 Å². The molecule has 0 aromatic heterocycles. The number of hydrogen-bond acceptors (Lipinski definition) is 8. The molecule has 0 aliphatic heterocycles. The van der Waals surface area contributed by atoms with E-state index in [1.807, 2.05) is 31.2 Å². The Bertz CT molecular complexity index is 1650. The lowest BCUT2D eigenvalue weighted by Gasteiger charge is -2.33. The van der Waals surface area contributed by atoms with Crippen LogP contribution in [0.3, 0.4) is 0 Å². The fourth-order valence-electron chi connectivity index (χ4n) is 8.49. The van der Waals surface area contributed by atoms with Crippen LogP contribution >= 0.6 is 0 Å². The molecule has 0 radical (unpaired) electrons. The van der Waals surface area contributed by atoms with E-state index in [9.17, 15) is 34.2 Å². The number of carbonyl (C=O) groups is 5. The predicted molar refractivity (Wildman–Crippen MR) is 290 cm³/mol. The number of carboxylic acid groups (broad SMARTS) is 2. The van der Waals surface area contributed by atoms with Crippen molar-refractivity contribution >= 4 is 29.8 Å². The molecule has 0 fully saturated rings. The van der Waals surface area contributed by atoms with Crippen LogP contribution in [-0.2, 0) is 38.2 Å². The summed E-state index contributed by atoms with van der Waals surface area (Å²) in [5, 5.41) is 19.9. The van der Waals surface area contributed by atoms with Gasteiger partial charge in [0.05, 0.1) is 11.8 Å². The minimum absolute atomic E-state index is 0.160. The minimum Gasteiger partial charge on any atom is -0.481 e. The summed E-state index contributed by atoms with van der Waals surface area (Å²) in [4.78, 5) is 62.5. The molecule has 0 aromatic carbocycles. The molecule has 71 heavy (non-hydrogen) atoms. The van der Waals surface area contributed by atoms with Crippen molar-refractivity contribution in [3.63, 3.8) is 0 Å². The largest absolute Gasteiger partial charge is 0.481 e. The van der Waals surface area contributed by atoms with Gasteiger partial charge >= 0.3 is 29.8 Å². The molecule has 0 amide bonds. The van der Waals surface area contributed by atoms with Gasteiger partial charge in [0.15, 0.2) is 6.10 Å². The molecule has 5 atom stereocenters. The lowest BCUT2D eigenvalue weighted by Crippen LogP contribution is -2.41. The monoisotopic (exact) mass is 989 g/mol. The maximum atomic E-state index is 12.9. The summed E-state index contributed by atoms with van der Waals surface area (Å²) in [5.41, 5.74) is 0. The van der Waals surface area contributed by atoms with Crippen LogP contribution in [0.1, 0.15) is 213 Å². The van der Waals surface area contributed by atoms with Crippen molar-refractivity contribution in [1.29, 1.82) is 0 Å². The highest BCUT2D eigenvalue weighted by Crippen LogP contribution is 2.38. The summed E-state index contributed by atoms with van der Waals surface area (Å²) in [6.45, 7) is 6.10. The molecular formula is C61H96O10. The fourth-order valence-corrected chi connectivity index (χ4v) is 8.49. The zero-order chi connectivity index (χ0) is 51.8. The Kier molecular flexibility index (Phi) is 42.0. The van der Waals surface area contributed by atoms with E-state index in [1.165, 1.54) is 25.7 Å². The van der Waals surface area contributed by atoms with Gasteiger partial charge in [-0.15, -0.1) is 0 Å². The van der Waals surface area contributed by atoms with Gasteiger partial charge in [0.1, 0.15) is 13.2 Å². The smallest absolute Gasteiger partial charge is 0.308 e. The molecule has 0 spiro atoms. The highest BCUT2D eigenvalue weighted by molar-refractivity contribution is 5.81. The number of unbranched alkanes of at least 4 members (excludes halogenated alkanes) is 20. The van der Waals surface area contributed by atoms with Gasteiger partial charge in [-0.3, -0.25) is 24.0 Å². The van der Waals surface area contributed by atoms with Crippen LogP contribution in [0.15, 0.2) is 97.2 Å². The summed E-state index contributed by atoms with van der Waals surface area (Å²) >= 11 is 0. The SMILES string of the molecule is CCCCC=CC=CC=CCCCCCCCC(=O)OC[C@H](COC(=O)CCCCCCCC=C[C@H]1C=C[C@@H](CCCC)[C@H](C(=O)O)[C@H]1C(=O)O)OC(=O)CCCCCCCC=CC=CC=CCCCC. The Morgan fingerprint density at radius 1 is 0.437 bits per heavy atom. The van der Waals surface area contributed by atoms with Gasteiger partial charge < -0.3 is 24.4 Å². The third-order valence-corrected chi connectivity index (χ3v) is 12.7. The molecule has 1 aliphatic carbocycles. The number of esters is 3. The van der Waals surface area contributed by atoms with Crippen LogP contribution in [0.5, 0.6) is 0 Å². The van der Waals surface area contributed by atoms with Crippen LogP contribution in [-0.4, -0.2) is 59.4 Å². The van der Waals surface area contributed by atoms with Crippen LogP contribution < -0.4 is 0 Å². The number of ether oxygens (including phenoxy) is 3. The standard InChI is InChI=1S/C61H96O10/c1-4-7-10-12-14-16-18-20-22-24-26-28-32-36-40-45-55(62)69-50-54(71-57(64)47-42-38-33-29-27-25-23-21-19-17-15-13-11-8-5-2)51-70-56(63)46-41-37-34-30-31-35-39-44-53-49-48-52(43-9-6-3)58(60(65)66)59(53)61(67)68/h12-23,39,44,48-49,52-54,58-59H,4-11,24-38,40-43,45-47,50-51H2,1-3H3,(H,65,66)(H,67,68)/t52-,53+,54-,58+,59+/m1/s1. The molecule has 2 N–H and O–H groups in total. The Balaban J connectivity index is 2.48. The van der Waals surface area contributed by atoms with Crippen molar-refractivity contribution in [3.05, 3.63) is 97.2 Å². The van der Waals surface area contributed by atoms with E-state index in [2.05, 4.69) is 86.8 Å². The molecule has 400 valence electrons. The lowest BCUT2D eigenvalue weighted by atomic mass is 9.69. The number of allylic oxidation sites excluding steroid dienone is 16. The summed E-state index contributed by atoms with van der Waals surface area (Å²) < 4.78 is 16.7. The first kappa shape index (κ1) is 64.3. The zero-order valence-corrected chi connectivity index (χ0v) is 44.4. The molecular weight excluding hydrogens is 893 g/mol. The Morgan fingerprint density at radius 3 is 1.24 bits per heavy atom. The van der Waals surface area contributed by atoms with Crippen molar-refractivity contribution in [2.45, 2.75) is 219 Å². The molecule has 0 aromatic rings. The molecule has 10 heteroatoms. The van der Waals surface area contributed by atoms with Crippen molar-refractivity contribution in [3.8, 4) is 0 Å². The summed E-state index contributed by atoms with van der Waals surface area (Å²) in [6.07, 6.45) is 59.2. The van der Waals surface area contributed by atoms with Gasteiger partial charge in [0.25, 0.3) is 0 Å². The second-order valence-electron chi connectivity index (χ2n) is 19.1. The molecule has 1 aliphatic rings. The normalized spacial score (nSPS) is 17.8. The second-order valence-corrected chi connectivity index (χ2v) is 19.1. The average Bonchev–Trinajstić information content (AvgIpc) is 3.35. The highest BCUT2D eigenvalue weighted by atomic mass is 16.6. The second kappa shape index (κ2) is 46.3. The molecule has 0 bridgehead atoms. The number of hydrogen-bond donors (Lipinski definition) is 2. The Morgan fingerprint density at radius 2 is 0.817 bits per heavy atom. The first-order valence-corrected chi connectivity index (χ1v) is 27.9. The van der Waals surface area contributed by atoms with E-state index in [1.54, 1.807) is 0 Å². The van der Waals surface area contributed by atoms with Gasteiger partial charge in [0, 0.05) is 25.2 Å². The predicted octanol–water partition coefficient (Wildman–Crippen LogP) is 15.8. The molecule has 0 saturated carbocycles. The molecule has 0 saturated heterocycles. The lowest BCUT2D eigenvalue weighted by molar-refractivity contribution is -0.167. The van der Waals surface area contributed by atoms with Crippen LogP contribution in [0.4, 0.5) is 0 Å². The zero-order valence-electron chi connectivity index (χ0n) is 44.4. The number of carbonyl (C=O) groups excluding carboxylic acids is 3. The quantitative estimate of drug-likeness (QED) is 0.0198. The van der Waals surface area contributed by atoms with Gasteiger partial charge in [-0.25, -0.2) is 0 Å². The minimum atomic E-state index is -1.07.